The van der Waals surface area contributed by atoms with Crippen LogP contribution in [0.5, 0.6) is 0 Å². The van der Waals surface area contributed by atoms with Gasteiger partial charge in [0.25, 0.3) is 0 Å². The number of tetrazole rings is 2. The molecule has 1 aliphatic rings. The maximum absolute atomic E-state index is 16.1. The summed E-state index contributed by atoms with van der Waals surface area (Å²) in [5, 5.41) is 42.6. The third kappa shape index (κ3) is 11.8. The van der Waals surface area contributed by atoms with Gasteiger partial charge >= 0.3 is 18.0 Å². The van der Waals surface area contributed by atoms with Gasteiger partial charge in [-0.2, -0.15) is 44.2 Å². The van der Waals surface area contributed by atoms with E-state index in [4.69, 9.17) is 5.73 Å². The monoisotopic (exact) mass is 1150 g/mol. The smallest absolute Gasteiger partial charge is 0.377 e. The number of benzene rings is 4. The Kier molecular flexibility index (Phi) is 16.8. The summed E-state index contributed by atoms with van der Waals surface area (Å²) in [7, 11) is 0. The van der Waals surface area contributed by atoms with Gasteiger partial charge in [0, 0.05) is 83.2 Å². The molecule has 4 N–H and O–H groups in total. The van der Waals surface area contributed by atoms with Crippen molar-refractivity contribution in [2.75, 3.05) is 36.0 Å². The molecule has 1 saturated heterocycles. The fraction of sp³-hybridized carbons (Fsp3) is 0.250. The van der Waals surface area contributed by atoms with Crippen molar-refractivity contribution in [3.05, 3.63) is 190 Å². The van der Waals surface area contributed by atoms with Crippen LogP contribution in [0.3, 0.4) is 0 Å². The molecule has 8 aromatic rings. The second-order valence-corrected chi connectivity index (χ2v) is 18.0. The molecule has 1 fully saturated rings. The van der Waals surface area contributed by atoms with E-state index in [2.05, 4.69) is 66.7 Å². The zero-order valence-corrected chi connectivity index (χ0v) is 41.5. The average molecular weight is 1150 g/mol. The number of aromatic nitrogens is 10. The molecule has 0 aliphatic carbocycles. The summed E-state index contributed by atoms with van der Waals surface area (Å²) in [5.74, 6) is -12.9. The van der Waals surface area contributed by atoms with Gasteiger partial charge in [0.05, 0.1) is 13.1 Å². The summed E-state index contributed by atoms with van der Waals surface area (Å²) in [6.45, 7) is 0.708. The van der Waals surface area contributed by atoms with E-state index >= 15 is 17.6 Å². The molecule has 1 unspecified atom stereocenters. The fourth-order valence-corrected chi connectivity index (χ4v) is 8.47. The molecule has 3 atom stereocenters. The molecule has 76 heavy (non-hydrogen) atoms. The number of alkyl halides is 7. The Morgan fingerprint density at radius 3 is 1.34 bits per heavy atom. The summed E-state index contributed by atoms with van der Waals surface area (Å²) >= 11 is 3.07. The number of hydrogen-bond donors (Lipinski definition) is 3. The van der Waals surface area contributed by atoms with Gasteiger partial charge in [-0.25, -0.2) is 26.9 Å². The van der Waals surface area contributed by atoms with Crippen molar-refractivity contribution >= 4 is 40.8 Å². The van der Waals surface area contributed by atoms with Gasteiger partial charge in [0.1, 0.15) is 53.4 Å². The molecule has 15 nitrogen and oxygen atoms in total. The summed E-state index contributed by atoms with van der Waals surface area (Å²) < 4.78 is 159. The Morgan fingerprint density at radius 2 is 0.974 bits per heavy atom. The highest BCUT2D eigenvalue weighted by atomic mass is 79.9. The lowest BCUT2D eigenvalue weighted by Crippen LogP contribution is -2.48. The van der Waals surface area contributed by atoms with E-state index in [0.717, 1.165) is 76.0 Å². The molecule has 4 aromatic carbocycles. The van der Waals surface area contributed by atoms with E-state index in [9.17, 15) is 40.9 Å². The van der Waals surface area contributed by atoms with E-state index < -0.39 is 94.1 Å². The number of nitrogens with zero attached hydrogens (tertiary/aromatic N) is 12. The fourth-order valence-electron chi connectivity index (χ4n) is 8.24. The zero-order valence-electron chi connectivity index (χ0n) is 38.9. The number of hydrogen-bond acceptors (Lipinski definition) is 13. The molecule has 28 heteroatoms. The number of anilines is 2. The van der Waals surface area contributed by atoms with Crippen molar-refractivity contribution < 1.29 is 58.5 Å². The molecular weight excluding hydrogens is 1110 g/mol. The molecule has 0 radical (unpaired) electrons. The molecule has 0 saturated carbocycles. The third-order valence-electron chi connectivity index (χ3n) is 12.3. The molecule has 0 amide bonds. The van der Waals surface area contributed by atoms with Gasteiger partial charge in [-0.15, -0.1) is 10.2 Å². The lowest BCUT2D eigenvalue weighted by Gasteiger charge is -2.37. The minimum atomic E-state index is -4.52. The van der Waals surface area contributed by atoms with Crippen molar-refractivity contribution in [2.45, 2.75) is 48.4 Å². The quantitative estimate of drug-likeness (QED) is 0.0882. The molecule has 0 spiro atoms. The van der Waals surface area contributed by atoms with E-state index in [1.165, 1.54) is 30.5 Å². The number of aliphatic hydroxyl groups is 2. The highest BCUT2D eigenvalue weighted by Crippen LogP contribution is 2.48. The Hall–Kier alpha value is -7.14. The van der Waals surface area contributed by atoms with Gasteiger partial charge < -0.3 is 25.7 Å². The van der Waals surface area contributed by atoms with Crippen LogP contribution in [0.4, 0.5) is 59.7 Å². The molecule has 9 rings (SSSR count). The zero-order chi connectivity index (χ0) is 53.9. The predicted octanol–water partition coefficient (Wildman–Crippen LogP) is 8.48. The van der Waals surface area contributed by atoms with E-state index in [0.29, 0.717) is 53.9 Å². The first-order chi connectivity index (χ1) is 35.5. The minimum Gasteiger partial charge on any atom is -0.377 e. The van der Waals surface area contributed by atoms with Crippen LogP contribution in [0.25, 0.3) is 11.1 Å². The third-order valence-corrected chi connectivity index (χ3v) is 12.8. The Labute approximate surface area is 439 Å². The maximum atomic E-state index is 16.1. The Bertz CT molecular complexity index is 3180. The first-order valence-corrected chi connectivity index (χ1v) is 22.9. The molecular formula is C48H41BrF11N13O2S. The van der Waals surface area contributed by atoms with Crippen molar-refractivity contribution in [1.82, 2.24) is 50.4 Å². The standard InChI is InChI=1S/C33H29F7N8O.C15H10BrF4N5O.H2S/c34-24-6-11-27(28(35)17-24)31(49,19-48-20-43-44-45-48)32(36,37)29-12-5-23(18-42-29)21-1-7-25(8-2-21)46-13-15-47(16-14-46)26-9-3-22(4-10-26)30(41)33(38,39)40;16-9-1-4-13(21-6-9)15(19,20)14(26,7-25-8-22-23-24-25)11-3-2-10(17)5-12(11)18;/h1-12,17-18,20,30,49H,13-16,19,41H2;1-6,8,26H,7H2;1H2/t30?,31-;14-;/m00./s1. The highest BCUT2D eigenvalue weighted by Gasteiger charge is 2.59. The van der Waals surface area contributed by atoms with Crippen molar-refractivity contribution in [1.29, 1.82) is 0 Å². The van der Waals surface area contributed by atoms with Crippen LogP contribution in [0, 0.1) is 23.3 Å². The number of piperazine rings is 1. The average Bonchev–Trinajstić information content (AvgIpc) is 4.11. The number of nitrogens with two attached hydrogens (primary N) is 1. The second-order valence-electron chi connectivity index (χ2n) is 17.1. The molecule has 5 heterocycles. The van der Waals surface area contributed by atoms with E-state index in [1.807, 2.05) is 12.1 Å². The number of pyridine rings is 2. The molecule has 400 valence electrons. The normalized spacial score (nSPS) is 15.2. The van der Waals surface area contributed by atoms with Crippen LogP contribution in [-0.4, -0.2) is 93.0 Å². The van der Waals surface area contributed by atoms with Crippen LogP contribution in [-0.2, 0) is 36.1 Å². The summed E-state index contributed by atoms with van der Waals surface area (Å²) in [4.78, 5) is 11.8. The Balaban J connectivity index is 0.000000262. The van der Waals surface area contributed by atoms with Crippen LogP contribution in [0.2, 0.25) is 0 Å². The maximum Gasteiger partial charge on any atom is 0.407 e. The summed E-state index contributed by atoms with van der Waals surface area (Å²) in [6, 6.07) is 19.9. The van der Waals surface area contributed by atoms with Gasteiger partial charge in [-0.3, -0.25) is 9.97 Å². The topological polar surface area (TPSA) is 186 Å². The Morgan fingerprint density at radius 1 is 0.553 bits per heavy atom. The largest absolute Gasteiger partial charge is 0.407 e. The van der Waals surface area contributed by atoms with Gasteiger partial charge in [0.15, 0.2) is 11.2 Å². The molecule has 4 aromatic heterocycles. The van der Waals surface area contributed by atoms with Gasteiger partial charge in [-0.05, 0) is 115 Å². The summed E-state index contributed by atoms with van der Waals surface area (Å²) in [6.07, 6.45) is -0.236. The number of rotatable bonds is 14. The van der Waals surface area contributed by atoms with Crippen molar-refractivity contribution in [2.24, 2.45) is 5.73 Å². The van der Waals surface area contributed by atoms with E-state index in [1.54, 1.807) is 24.3 Å². The van der Waals surface area contributed by atoms with Gasteiger partial charge in [-0.1, -0.05) is 30.3 Å². The predicted molar refractivity (Wildman–Crippen MR) is 260 cm³/mol. The highest BCUT2D eigenvalue weighted by molar-refractivity contribution is 9.10. The van der Waals surface area contributed by atoms with Crippen LogP contribution < -0.4 is 15.5 Å². The lowest BCUT2D eigenvalue weighted by atomic mass is 9.84. The van der Waals surface area contributed by atoms with Crippen LogP contribution in [0.1, 0.15) is 34.1 Å². The summed E-state index contributed by atoms with van der Waals surface area (Å²) in [5.41, 5.74) is -1.53. The SMILES string of the molecule is NC(c1ccc(N2CCN(c3ccc(-c4ccc(C(F)(F)[C@](O)(Cn5cnnn5)c5ccc(F)cc5F)nc4)cc3)CC2)cc1)C(F)(F)F.O[C@@](Cn1cnnn1)(c1ccc(F)cc1F)C(F)(F)c1ccc(Br)cn1.S. The number of halogens is 12. The van der Waals surface area contributed by atoms with E-state index in [-0.39, 0.29) is 19.1 Å². The van der Waals surface area contributed by atoms with Crippen molar-refractivity contribution in [3.8, 4) is 11.1 Å². The molecule has 0 bridgehead atoms. The minimum absolute atomic E-state index is 0. The van der Waals surface area contributed by atoms with Crippen LogP contribution in [0.15, 0.2) is 139 Å². The van der Waals surface area contributed by atoms with Gasteiger partial charge in [0.2, 0.25) is 0 Å². The van der Waals surface area contributed by atoms with Crippen molar-refractivity contribution in [3.63, 3.8) is 0 Å². The first-order valence-electron chi connectivity index (χ1n) is 22.1. The van der Waals surface area contributed by atoms with Crippen LogP contribution >= 0.6 is 29.4 Å². The molecule has 1 aliphatic heterocycles. The lowest BCUT2D eigenvalue weighted by molar-refractivity contribution is -0.207. The second kappa shape index (κ2) is 22.6. The first kappa shape index (κ1) is 56.6.